The zero-order chi connectivity index (χ0) is 11.5. The normalized spacial score (nSPS) is 10.2. The number of halogens is 2. The second kappa shape index (κ2) is 4.77. The third kappa shape index (κ3) is 2.31. The van der Waals surface area contributed by atoms with Gasteiger partial charge in [0.25, 0.3) is 0 Å². The second-order valence-electron chi connectivity index (χ2n) is 3.49. The van der Waals surface area contributed by atoms with Crippen molar-refractivity contribution in [3.63, 3.8) is 0 Å². The Hall–Kier alpha value is -1.18. The van der Waals surface area contributed by atoms with Gasteiger partial charge in [-0.15, -0.1) is 0 Å². The highest BCUT2D eigenvalue weighted by Gasteiger charge is 2.05. The molecule has 0 unspecified atom stereocenters. The van der Waals surface area contributed by atoms with Crippen molar-refractivity contribution in [1.29, 1.82) is 0 Å². The van der Waals surface area contributed by atoms with Crippen LogP contribution in [0.3, 0.4) is 0 Å². The van der Waals surface area contributed by atoms with Gasteiger partial charge >= 0.3 is 0 Å². The average Bonchev–Trinajstić information content (AvgIpc) is 2.33. The highest BCUT2D eigenvalue weighted by molar-refractivity contribution is 6.42. The molecule has 0 N–H and O–H groups in total. The molecule has 1 nitrogen and oxygen atoms in total. The first-order chi connectivity index (χ1) is 7.68. The van der Waals surface area contributed by atoms with Gasteiger partial charge in [0.1, 0.15) is 0 Å². The van der Waals surface area contributed by atoms with Gasteiger partial charge in [-0.3, -0.25) is 0 Å². The maximum Gasteiger partial charge on any atom is 0.0613 e. The monoisotopic (exact) mass is 251 g/mol. The lowest BCUT2D eigenvalue weighted by molar-refractivity contribution is 1.21. The predicted octanol–water partition coefficient (Wildman–Crippen LogP) is 4.76. The van der Waals surface area contributed by atoms with E-state index >= 15 is 0 Å². The second-order valence-corrected chi connectivity index (χ2v) is 4.31. The minimum absolute atomic E-state index is 0.571. The van der Waals surface area contributed by atoms with Crippen LogP contribution in [0, 0.1) is 0 Å². The first-order valence-corrected chi connectivity index (χ1v) is 5.68. The lowest BCUT2D eigenvalue weighted by atomic mass is 10.2. The number of hydrogen-bond acceptors (Lipinski definition) is 1. The summed E-state index contributed by atoms with van der Waals surface area (Å²) in [5.41, 5.74) is 2.13. The molecule has 2 aromatic rings. The van der Waals surface area contributed by atoms with Crippen molar-refractivity contribution in [3.05, 3.63) is 58.6 Å². The Bertz CT molecular complexity index is 483. The highest BCUT2D eigenvalue weighted by atomic mass is 35.5. The van der Waals surface area contributed by atoms with Crippen molar-refractivity contribution in [2.45, 2.75) is 0 Å². The predicted molar refractivity (Wildman–Crippen MR) is 71.0 cm³/mol. The first kappa shape index (κ1) is 11.3. The van der Waals surface area contributed by atoms with E-state index < -0.39 is 0 Å². The van der Waals surface area contributed by atoms with Crippen LogP contribution in [0.25, 0.3) is 0 Å². The van der Waals surface area contributed by atoms with E-state index in [-0.39, 0.29) is 0 Å². The lowest BCUT2D eigenvalue weighted by Crippen LogP contribution is -2.08. The van der Waals surface area contributed by atoms with Crippen molar-refractivity contribution in [3.8, 4) is 0 Å². The summed E-state index contributed by atoms with van der Waals surface area (Å²) < 4.78 is 0. The number of rotatable bonds is 2. The number of anilines is 2. The summed E-state index contributed by atoms with van der Waals surface area (Å²) >= 11 is 11.9. The zero-order valence-electron chi connectivity index (χ0n) is 8.82. The molecule has 0 radical (unpaired) electrons. The van der Waals surface area contributed by atoms with Crippen molar-refractivity contribution in [1.82, 2.24) is 0 Å². The summed E-state index contributed by atoms with van der Waals surface area (Å²) in [6.07, 6.45) is 0. The van der Waals surface area contributed by atoms with Crippen LogP contribution in [-0.2, 0) is 0 Å². The summed E-state index contributed by atoms with van der Waals surface area (Å²) in [7, 11) is 1.99. The van der Waals surface area contributed by atoms with E-state index in [2.05, 4.69) is 4.90 Å². The molecule has 0 spiro atoms. The fraction of sp³-hybridized carbons (Fsp3) is 0.0769. The van der Waals surface area contributed by atoms with Crippen LogP contribution in [0.15, 0.2) is 48.5 Å². The van der Waals surface area contributed by atoms with Gasteiger partial charge in [0, 0.05) is 18.4 Å². The highest BCUT2D eigenvalue weighted by Crippen LogP contribution is 2.29. The Labute approximate surface area is 105 Å². The smallest absolute Gasteiger partial charge is 0.0613 e. The maximum absolute atomic E-state index is 5.99. The molecule has 0 aromatic heterocycles. The van der Waals surface area contributed by atoms with Crippen molar-refractivity contribution < 1.29 is 0 Å². The Morgan fingerprint density at radius 1 is 0.812 bits per heavy atom. The molecule has 0 aliphatic heterocycles. The third-order valence-electron chi connectivity index (χ3n) is 2.43. The maximum atomic E-state index is 5.99. The van der Waals surface area contributed by atoms with Crippen LogP contribution in [0.5, 0.6) is 0 Å². The summed E-state index contributed by atoms with van der Waals surface area (Å²) in [5.74, 6) is 0. The molecule has 2 rings (SSSR count). The first-order valence-electron chi connectivity index (χ1n) is 4.92. The molecule has 82 valence electrons. The van der Waals surface area contributed by atoms with Gasteiger partial charge in [0.2, 0.25) is 0 Å². The largest absolute Gasteiger partial charge is 0.345 e. The molecule has 2 aromatic carbocycles. The van der Waals surface area contributed by atoms with Gasteiger partial charge in [-0.05, 0) is 30.3 Å². The van der Waals surface area contributed by atoms with Gasteiger partial charge in [-0.25, -0.2) is 0 Å². The van der Waals surface area contributed by atoms with Crippen molar-refractivity contribution in [2.24, 2.45) is 0 Å². The minimum Gasteiger partial charge on any atom is -0.345 e. The van der Waals surface area contributed by atoms with Crippen molar-refractivity contribution in [2.75, 3.05) is 11.9 Å². The van der Waals surface area contributed by atoms with E-state index in [1.54, 1.807) is 6.07 Å². The molecule has 0 heterocycles. The van der Waals surface area contributed by atoms with Crippen LogP contribution in [0.1, 0.15) is 0 Å². The number of hydrogen-bond donors (Lipinski definition) is 0. The molecule has 0 aliphatic rings. The summed E-state index contributed by atoms with van der Waals surface area (Å²) in [6, 6.07) is 15.7. The fourth-order valence-electron chi connectivity index (χ4n) is 1.49. The average molecular weight is 252 g/mol. The van der Waals surface area contributed by atoms with Gasteiger partial charge in [-0.1, -0.05) is 41.4 Å². The van der Waals surface area contributed by atoms with E-state index in [9.17, 15) is 0 Å². The van der Waals surface area contributed by atoms with Gasteiger partial charge in [0.15, 0.2) is 0 Å². The lowest BCUT2D eigenvalue weighted by Gasteiger charge is -2.19. The molecule has 0 saturated heterocycles. The SMILES string of the molecule is CN(c1ccccc1)c1ccc(Cl)c(Cl)c1. The van der Waals surface area contributed by atoms with E-state index in [1.165, 1.54) is 0 Å². The van der Waals surface area contributed by atoms with Crippen LogP contribution < -0.4 is 4.90 Å². The summed E-state index contributed by atoms with van der Waals surface area (Å²) in [5, 5.41) is 1.15. The molecule has 16 heavy (non-hydrogen) atoms. The standard InChI is InChI=1S/C13H11Cl2N/c1-16(10-5-3-2-4-6-10)11-7-8-12(14)13(15)9-11/h2-9H,1H3. The molecule has 0 bridgehead atoms. The van der Waals surface area contributed by atoms with Crippen LogP contribution in [0.2, 0.25) is 10.0 Å². The minimum atomic E-state index is 0.571. The van der Waals surface area contributed by atoms with E-state index in [4.69, 9.17) is 23.2 Å². The van der Waals surface area contributed by atoms with Gasteiger partial charge < -0.3 is 4.90 Å². The summed E-state index contributed by atoms with van der Waals surface area (Å²) in [4.78, 5) is 2.06. The van der Waals surface area contributed by atoms with E-state index in [0.717, 1.165) is 11.4 Å². The number of para-hydroxylation sites is 1. The number of nitrogens with zero attached hydrogens (tertiary/aromatic N) is 1. The summed E-state index contributed by atoms with van der Waals surface area (Å²) in [6.45, 7) is 0. The number of benzene rings is 2. The molecule has 0 atom stereocenters. The van der Waals surface area contributed by atoms with E-state index in [0.29, 0.717) is 10.0 Å². The molecular weight excluding hydrogens is 241 g/mol. The Balaban J connectivity index is 2.34. The molecule has 0 fully saturated rings. The Morgan fingerprint density at radius 2 is 1.50 bits per heavy atom. The molecule has 3 heteroatoms. The quantitative estimate of drug-likeness (QED) is 0.744. The topological polar surface area (TPSA) is 3.24 Å². The van der Waals surface area contributed by atoms with Gasteiger partial charge in [-0.2, -0.15) is 0 Å². The zero-order valence-corrected chi connectivity index (χ0v) is 10.3. The van der Waals surface area contributed by atoms with E-state index in [1.807, 2.05) is 49.5 Å². The Morgan fingerprint density at radius 3 is 2.12 bits per heavy atom. The fourth-order valence-corrected chi connectivity index (χ4v) is 1.79. The Kier molecular flexibility index (Phi) is 3.37. The molecular formula is C13H11Cl2N. The van der Waals surface area contributed by atoms with Gasteiger partial charge in [0.05, 0.1) is 10.0 Å². The van der Waals surface area contributed by atoms with Crippen LogP contribution in [-0.4, -0.2) is 7.05 Å². The molecule has 0 amide bonds. The molecule has 0 aliphatic carbocycles. The van der Waals surface area contributed by atoms with Crippen LogP contribution in [0.4, 0.5) is 11.4 Å². The van der Waals surface area contributed by atoms with Crippen LogP contribution >= 0.6 is 23.2 Å². The third-order valence-corrected chi connectivity index (χ3v) is 3.17. The van der Waals surface area contributed by atoms with Crippen molar-refractivity contribution >= 4 is 34.6 Å². The molecule has 0 saturated carbocycles.